The van der Waals surface area contributed by atoms with Crippen molar-refractivity contribution in [3.8, 4) is 0 Å². The third-order valence-corrected chi connectivity index (χ3v) is 4.33. The molecule has 0 spiro atoms. The Kier molecular flexibility index (Phi) is 7.86. The number of amides is 2. The van der Waals surface area contributed by atoms with Crippen molar-refractivity contribution < 1.29 is 23.9 Å². The first kappa shape index (κ1) is 23.3. The molecule has 0 aliphatic carbocycles. The molecule has 0 bridgehead atoms. The van der Waals surface area contributed by atoms with Gasteiger partial charge < -0.3 is 25.0 Å². The SMILES string of the molecule is CCOC(=O)C(CC1=CN(C)c2ccccc2C1)NC(=O)CNC(=O)OC(C)(C)C. The van der Waals surface area contributed by atoms with Crippen molar-refractivity contribution in [2.75, 3.05) is 25.1 Å². The van der Waals surface area contributed by atoms with Crippen LogP contribution in [0.25, 0.3) is 0 Å². The van der Waals surface area contributed by atoms with E-state index in [0.29, 0.717) is 12.8 Å². The molecule has 0 saturated heterocycles. The van der Waals surface area contributed by atoms with E-state index in [1.165, 1.54) is 0 Å². The summed E-state index contributed by atoms with van der Waals surface area (Å²) in [7, 11) is 1.95. The zero-order valence-electron chi connectivity index (χ0n) is 18.3. The van der Waals surface area contributed by atoms with Gasteiger partial charge in [0.25, 0.3) is 0 Å². The zero-order chi connectivity index (χ0) is 22.3. The van der Waals surface area contributed by atoms with Gasteiger partial charge in [0, 0.05) is 25.4 Å². The summed E-state index contributed by atoms with van der Waals surface area (Å²) in [5.74, 6) is -1.00. The first-order valence-corrected chi connectivity index (χ1v) is 10.0. The Morgan fingerprint density at radius 2 is 1.90 bits per heavy atom. The molecule has 0 radical (unpaired) electrons. The zero-order valence-corrected chi connectivity index (χ0v) is 18.3. The molecular formula is C22H31N3O5. The second kappa shape index (κ2) is 10.1. The van der Waals surface area contributed by atoms with Crippen molar-refractivity contribution in [1.29, 1.82) is 0 Å². The van der Waals surface area contributed by atoms with Crippen LogP contribution in [0.4, 0.5) is 10.5 Å². The maximum atomic E-state index is 12.4. The van der Waals surface area contributed by atoms with Crippen molar-refractivity contribution in [2.45, 2.75) is 52.2 Å². The summed E-state index contributed by atoms with van der Waals surface area (Å²) >= 11 is 0. The highest BCUT2D eigenvalue weighted by Crippen LogP contribution is 2.29. The highest BCUT2D eigenvalue weighted by Gasteiger charge is 2.26. The van der Waals surface area contributed by atoms with E-state index in [2.05, 4.69) is 10.6 Å². The number of alkyl carbamates (subject to hydrolysis) is 1. The lowest BCUT2D eigenvalue weighted by atomic mass is 9.95. The summed E-state index contributed by atoms with van der Waals surface area (Å²) in [5.41, 5.74) is 2.59. The number of fused-ring (bicyclic) bond motifs is 1. The average Bonchev–Trinajstić information content (AvgIpc) is 2.65. The summed E-state index contributed by atoms with van der Waals surface area (Å²) in [6.07, 6.45) is 2.27. The van der Waals surface area contributed by atoms with E-state index in [9.17, 15) is 14.4 Å². The topological polar surface area (TPSA) is 97.0 Å². The average molecular weight is 418 g/mol. The number of para-hydroxylation sites is 1. The van der Waals surface area contributed by atoms with Crippen LogP contribution in [0, 0.1) is 0 Å². The van der Waals surface area contributed by atoms with E-state index in [4.69, 9.17) is 9.47 Å². The van der Waals surface area contributed by atoms with Gasteiger partial charge in [0.2, 0.25) is 5.91 Å². The number of nitrogens with zero attached hydrogens (tertiary/aromatic N) is 1. The fourth-order valence-corrected chi connectivity index (χ4v) is 3.17. The van der Waals surface area contributed by atoms with E-state index < -0.39 is 29.6 Å². The second-order valence-electron chi connectivity index (χ2n) is 8.14. The van der Waals surface area contributed by atoms with Crippen LogP contribution in [-0.2, 0) is 25.5 Å². The summed E-state index contributed by atoms with van der Waals surface area (Å²) in [4.78, 5) is 38.5. The molecule has 1 aliphatic rings. The third-order valence-electron chi connectivity index (χ3n) is 4.33. The standard InChI is InChI=1S/C22H31N3O5/c1-6-29-20(27)17(24-19(26)13-23-21(28)30-22(2,3)4)12-15-11-16-9-7-8-10-18(16)25(5)14-15/h7-10,14,17H,6,11-13H2,1-5H3,(H,23,28)(H,24,26). The van der Waals surface area contributed by atoms with E-state index in [0.717, 1.165) is 16.8 Å². The van der Waals surface area contributed by atoms with Crippen LogP contribution < -0.4 is 15.5 Å². The molecule has 2 N–H and O–H groups in total. The monoisotopic (exact) mass is 417 g/mol. The molecule has 1 aliphatic heterocycles. The van der Waals surface area contributed by atoms with Crippen molar-refractivity contribution >= 4 is 23.7 Å². The highest BCUT2D eigenvalue weighted by atomic mass is 16.6. The summed E-state index contributed by atoms with van der Waals surface area (Å²) in [5, 5.41) is 5.05. The number of esters is 1. The van der Waals surface area contributed by atoms with Gasteiger partial charge in [-0.15, -0.1) is 0 Å². The minimum Gasteiger partial charge on any atom is -0.464 e. The molecule has 1 heterocycles. The van der Waals surface area contributed by atoms with Crippen LogP contribution in [0.15, 0.2) is 36.0 Å². The molecule has 30 heavy (non-hydrogen) atoms. The molecular weight excluding hydrogens is 386 g/mol. The van der Waals surface area contributed by atoms with Crippen LogP contribution in [0.2, 0.25) is 0 Å². The van der Waals surface area contributed by atoms with Crippen molar-refractivity contribution in [2.24, 2.45) is 0 Å². The van der Waals surface area contributed by atoms with Crippen molar-refractivity contribution in [3.63, 3.8) is 0 Å². The first-order valence-electron chi connectivity index (χ1n) is 10.0. The van der Waals surface area contributed by atoms with Gasteiger partial charge >= 0.3 is 12.1 Å². The maximum absolute atomic E-state index is 12.4. The first-order chi connectivity index (χ1) is 14.1. The number of hydrogen-bond donors (Lipinski definition) is 2. The number of carbonyl (C=O) groups excluding carboxylic acids is 3. The second-order valence-corrected chi connectivity index (χ2v) is 8.14. The van der Waals surface area contributed by atoms with Crippen LogP contribution >= 0.6 is 0 Å². The minimum atomic E-state index is -0.845. The van der Waals surface area contributed by atoms with Gasteiger partial charge in [-0.2, -0.15) is 0 Å². The lowest BCUT2D eigenvalue weighted by molar-refractivity contribution is -0.147. The molecule has 1 aromatic rings. The molecule has 0 aromatic heterocycles. The largest absolute Gasteiger partial charge is 0.464 e. The molecule has 1 atom stereocenters. The van der Waals surface area contributed by atoms with Crippen LogP contribution in [0.5, 0.6) is 0 Å². The van der Waals surface area contributed by atoms with Gasteiger partial charge in [-0.25, -0.2) is 9.59 Å². The van der Waals surface area contributed by atoms with E-state index in [1.807, 2.05) is 42.4 Å². The Morgan fingerprint density at radius 3 is 2.57 bits per heavy atom. The predicted molar refractivity (Wildman–Crippen MR) is 114 cm³/mol. The van der Waals surface area contributed by atoms with Gasteiger partial charge in [-0.1, -0.05) is 18.2 Å². The molecule has 2 amide bonds. The van der Waals surface area contributed by atoms with Gasteiger partial charge in [0.05, 0.1) is 6.61 Å². The van der Waals surface area contributed by atoms with Gasteiger partial charge in [0.1, 0.15) is 18.2 Å². The summed E-state index contributed by atoms with van der Waals surface area (Å²) in [6, 6.07) is 7.19. The van der Waals surface area contributed by atoms with Crippen molar-refractivity contribution in [3.05, 3.63) is 41.6 Å². The summed E-state index contributed by atoms with van der Waals surface area (Å²) in [6.45, 7) is 6.82. The fraction of sp³-hybridized carbons (Fsp3) is 0.500. The van der Waals surface area contributed by atoms with Crippen LogP contribution in [0.1, 0.15) is 39.7 Å². The van der Waals surface area contributed by atoms with E-state index in [-0.39, 0.29) is 13.2 Å². The Morgan fingerprint density at radius 1 is 1.20 bits per heavy atom. The lowest BCUT2D eigenvalue weighted by Gasteiger charge is -2.27. The molecule has 0 saturated carbocycles. The van der Waals surface area contributed by atoms with Gasteiger partial charge in [-0.3, -0.25) is 4.79 Å². The van der Waals surface area contributed by atoms with Gasteiger partial charge in [-0.05, 0) is 51.3 Å². The maximum Gasteiger partial charge on any atom is 0.408 e. The normalized spacial score (nSPS) is 14.2. The molecule has 0 fully saturated rings. The number of hydrogen-bond acceptors (Lipinski definition) is 6. The number of benzene rings is 1. The van der Waals surface area contributed by atoms with Crippen LogP contribution in [0.3, 0.4) is 0 Å². The Labute approximate surface area is 177 Å². The Bertz CT molecular complexity index is 813. The Hall–Kier alpha value is -3.03. The minimum absolute atomic E-state index is 0.211. The quantitative estimate of drug-likeness (QED) is 0.662. The Balaban J connectivity index is 2.00. The number of carbonyl (C=O) groups is 3. The third kappa shape index (κ3) is 7.09. The lowest BCUT2D eigenvalue weighted by Crippen LogP contribution is -2.47. The molecule has 8 heteroatoms. The number of anilines is 1. The predicted octanol–water partition coefficient (Wildman–Crippen LogP) is 2.53. The van der Waals surface area contributed by atoms with Gasteiger partial charge in [0.15, 0.2) is 0 Å². The number of rotatable bonds is 7. The fourth-order valence-electron chi connectivity index (χ4n) is 3.17. The molecule has 2 rings (SSSR count). The van der Waals surface area contributed by atoms with E-state index in [1.54, 1.807) is 27.7 Å². The summed E-state index contributed by atoms with van der Waals surface area (Å²) < 4.78 is 10.2. The molecule has 164 valence electrons. The number of ether oxygens (including phenoxy) is 2. The molecule has 8 nitrogen and oxygen atoms in total. The smallest absolute Gasteiger partial charge is 0.408 e. The molecule has 1 aromatic carbocycles. The van der Waals surface area contributed by atoms with E-state index >= 15 is 0 Å². The van der Waals surface area contributed by atoms with Crippen molar-refractivity contribution in [1.82, 2.24) is 10.6 Å². The molecule has 1 unspecified atom stereocenters. The number of nitrogens with one attached hydrogen (secondary N) is 2. The highest BCUT2D eigenvalue weighted by molar-refractivity contribution is 5.87. The van der Waals surface area contributed by atoms with Crippen LogP contribution in [-0.4, -0.2) is 49.8 Å².